The van der Waals surface area contributed by atoms with Crippen molar-refractivity contribution in [1.29, 1.82) is 0 Å². The van der Waals surface area contributed by atoms with Crippen LogP contribution in [0.2, 0.25) is 0 Å². The van der Waals surface area contributed by atoms with Crippen LogP contribution in [0.25, 0.3) is 6.08 Å². The number of hydrogen-bond donors (Lipinski definition) is 0. The van der Waals surface area contributed by atoms with Crippen LogP contribution in [0.15, 0.2) is 6.08 Å². The largest absolute Gasteiger partial charge is 0.280 e. The van der Waals surface area contributed by atoms with E-state index in [2.05, 4.69) is 23.4 Å². The molecule has 0 saturated carbocycles. The first-order valence-corrected chi connectivity index (χ1v) is 3.68. The van der Waals surface area contributed by atoms with Crippen LogP contribution in [0, 0.1) is 0 Å². The molecule has 0 N–H and O–H groups in total. The number of hydrogen-bond acceptors (Lipinski definition) is 2. The minimum atomic E-state index is 1.01. The molecule has 0 fully saturated rings. The van der Waals surface area contributed by atoms with E-state index < -0.39 is 0 Å². The molecular weight excluding hydrogens is 140 g/mol. The monoisotopic (exact) mass is 153 g/mol. The first-order chi connectivity index (χ1) is 5.25. The molecule has 0 unspecified atom stereocenters. The molecule has 0 aliphatic heterocycles. The fraction of sp³-hybridized carbons (Fsp3) is 0.571. The molecule has 0 aliphatic carbocycles. The Morgan fingerprint density at radius 3 is 2.82 bits per heavy atom. The molecule has 1 aromatic heterocycles. The van der Waals surface area contributed by atoms with Gasteiger partial charge in [0.1, 0.15) is 5.21 Å². The molecule has 0 aromatic carbocycles. The van der Waals surface area contributed by atoms with Crippen molar-refractivity contribution in [3.05, 3.63) is 11.9 Å². The van der Waals surface area contributed by atoms with Crippen molar-refractivity contribution in [1.82, 2.24) is 15.1 Å². The van der Waals surface area contributed by atoms with Gasteiger partial charge in [0.2, 0.25) is 0 Å². The van der Waals surface area contributed by atoms with Crippen LogP contribution in [-0.4, -0.2) is 15.1 Å². The lowest BCUT2D eigenvalue weighted by molar-refractivity contribution is -0.733. The summed E-state index contributed by atoms with van der Waals surface area (Å²) in [5, 5.41) is 7.69. The summed E-state index contributed by atoms with van der Waals surface area (Å²) < 4.78 is 3.48. The topological polar surface area (TPSA) is 34.6 Å². The Labute approximate surface area is 66.1 Å². The van der Waals surface area contributed by atoms with Crippen LogP contribution in [0.3, 0.4) is 0 Å². The van der Waals surface area contributed by atoms with Crippen molar-refractivity contribution < 1.29 is 4.68 Å². The highest BCUT2D eigenvalue weighted by molar-refractivity contribution is 5.35. The van der Waals surface area contributed by atoms with Crippen LogP contribution >= 0.6 is 0 Å². The normalized spacial score (nSPS) is 11.2. The summed E-state index contributed by atoms with van der Waals surface area (Å²) in [5.41, 5.74) is 0. The predicted octanol–water partition coefficient (Wildman–Crippen LogP) is 0.0628. The van der Waals surface area contributed by atoms with E-state index >= 15 is 0 Å². The molecule has 1 rings (SSSR count). The summed E-state index contributed by atoms with van der Waals surface area (Å²) >= 11 is 0. The van der Waals surface area contributed by atoms with Gasteiger partial charge in [-0.05, 0) is 6.42 Å². The van der Waals surface area contributed by atoms with Gasteiger partial charge in [-0.25, -0.2) is 0 Å². The van der Waals surface area contributed by atoms with Crippen LogP contribution < -0.4 is 4.68 Å². The number of allylic oxidation sites excluding steroid dienone is 1. The van der Waals surface area contributed by atoms with E-state index in [4.69, 9.17) is 0 Å². The molecule has 0 saturated heterocycles. The van der Waals surface area contributed by atoms with E-state index in [-0.39, 0.29) is 0 Å². The zero-order valence-electron chi connectivity index (χ0n) is 7.15. The smallest absolute Gasteiger partial charge is 0.137 e. The summed E-state index contributed by atoms with van der Waals surface area (Å²) in [5.74, 6) is 1.01. The van der Waals surface area contributed by atoms with Gasteiger partial charge in [0.05, 0.1) is 14.1 Å². The molecule has 0 atom stereocenters. The molecule has 1 aromatic rings. The van der Waals surface area contributed by atoms with Gasteiger partial charge in [-0.1, -0.05) is 17.7 Å². The molecule has 4 heteroatoms. The molecule has 0 bridgehead atoms. The molecule has 0 radical (unpaired) electrons. The maximum atomic E-state index is 3.85. The number of tetrazole rings is 1. The van der Waals surface area contributed by atoms with Crippen LogP contribution in [0.5, 0.6) is 0 Å². The van der Waals surface area contributed by atoms with Crippen LogP contribution in [-0.2, 0) is 14.1 Å². The number of rotatable bonds is 2. The van der Waals surface area contributed by atoms with E-state index in [9.17, 15) is 0 Å². The summed E-state index contributed by atoms with van der Waals surface area (Å²) in [6, 6.07) is 0. The second-order valence-electron chi connectivity index (χ2n) is 2.39. The molecule has 0 aliphatic rings. The minimum Gasteiger partial charge on any atom is -0.137 e. The fourth-order valence-electron chi connectivity index (χ4n) is 0.860. The van der Waals surface area contributed by atoms with E-state index in [1.54, 1.807) is 9.36 Å². The number of aryl methyl sites for hydroxylation is 2. The molecular formula is C7H13N4+. The minimum absolute atomic E-state index is 1.01. The van der Waals surface area contributed by atoms with Gasteiger partial charge in [0.25, 0.3) is 5.82 Å². The SMILES string of the molecule is CC/C=C/c1n(C)nn[n+]1C. The van der Waals surface area contributed by atoms with Crippen molar-refractivity contribution in [3.8, 4) is 0 Å². The van der Waals surface area contributed by atoms with Gasteiger partial charge in [-0.3, -0.25) is 0 Å². The molecule has 4 nitrogen and oxygen atoms in total. The van der Waals surface area contributed by atoms with Gasteiger partial charge >= 0.3 is 0 Å². The summed E-state index contributed by atoms with van der Waals surface area (Å²) in [4.78, 5) is 0. The van der Waals surface area contributed by atoms with Gasteiger partial charge in [-0.2, -0.15) is 0 Å². The third kappa shape index (κ3) is 1.63. The average Bonchev–Trinajstić information content (AvgIpc) is 2.29. The van der Waals surface area contributed by atoms with Crippen molar-refractivity contribution >= 4 is 6.08 Å². The van der Waals surface area contributed by atoms with E-state index in [0.717, 1.165) is 12.2 Å². The maximum absolute atomic E-state index is 3.85. The second kappa shape index (κ2) is 3.27. The Kier molecular flexibility index (Phi) is 2.36. The fourth-order valence-corrected chi connectivity index (χ4v) is 0.860. The highest BCUT2D eigenvalue weighted by Crippen LogP contribution is 1.91. The first kappa shape index (κ1) is 7.91. The van der Waals surface area contributed by atoms with Crippen molar-refractivity contribution in [2.75, 3.05) is 0 Å². The molecule has 11 heavy (non-hydrogen) atoms. The van der Waals surface area contributed by atoms with Crippen molar-refractivity contribution in [2.24, 2.45) is 14.1 Å². The Hall–Kier alpha value is -1.19. The van der Waals surface area contributed by atoms with E-state index in [0.29, 0.717) is 0 Å². The van der Waals surface area contributed by atoms with Gasteiger partial charge < -0.3 is 0 Å². The van der Waals surface area contributed by atoms with Crippen LogP contribution in [0.4, 0.5) is 0 Å². The third-order valence-corrected chi connectivity index (χ3v) is 1.47. The standard InChI is InChI=1S/C7H13N4/c1-4-5-6-7-10(2)8-9-11(7)3/h5-6H,4H2,1-3H3/q+1/b6-5+. The van der Waals surface area contributed by atoms with E-state index in [1.807, 2.05) is 20.2 Å². The Balaban J connectivity index is 2.92. The zero-order chi connectivity index (χ0) is 8.27. The predicted molar refractivity (Wildman–Crippen MR) is 41.5 cm³/mol. The quantitative estimate of drug-likeness (QED) is 0.563. The zero-order valence-corrected chi connectivity index (χ0v) is 7.15. The second-order valence-corrected chi connectivity index (χ2v) is 2.39. The lowest BCUT2D eigenvalue weighted by atomic mass is 10.4. The summed E-state index contributed by atoms with van der Waals surface area (Å²) in [7, 11) is 3.75. The summed E-state index contributed by atoms with van der Waals surface area (Å²) in [6.45, 7) is 2.10. The Bertz CT molecular complexity index is 242. The third-order valence-electron chi connectivity index (χ3n) is 1.47. The highest BCUT2D eigenvalue weighted by atomic mass is 15.6. The average molecular weight is 153 g/mol. The van der Waals surface area contributed by atoms with Gasteiger partial charge in [0.15, 0.2) is 5.21 Å². The molecule has 0 spiro atoms. The molecule has 0 amide bonds. The van der Waals surface area contributed by atoms with Crippen LogP contribution in [0.1, 0.15) is 19.2 Å². The van der Waals surface area contributed by atoms with Gasteiger partial charge in [-0.15, -0.1) is 4.68 Å². The lowest BCUT2D eigenvalue weighted by Gasteiger charge is -1.84. The van der Waals surface area contributed by atoms with Crippen molar-refractivity contribution in [2.45, 2.75) is 13.3 Å². The van der Waals surface area contributed by atoms with Gasteiger partial charge in [0, 0.05) is 6.08 Å². The summed E-state index contributed by atoms with van der Waals surface area (Å²) in [6.07, 6.45) is 5.13. The molecule has 60 valence electrons. The maximum Gasteiger partial charge on any atom is 0.280 e. The number of nitrogens with zero attached hydrogens (tertiary/aromatic N) is 4. The highest BCUT2D eigenvalue weighted by Gasteiger charge is 2.08. The van der Waals surface area contributed by atoms with Crippen molar-refractivity contribution in [3.63, 3.8) is 0 Å². The van der Waals surface area contributed by atoms with E-state index in [1.165, 1.54) is 0 Å². The first-order valence-electron chi connectivity index (χ1n) is 3.68. The molecule has 1 heterocycles. The number of aromatic nitrogens is 4. The lowest BCUT2D eigenvalue weighted by Crippen LogP contribution is -2.33. The Morgan fingerprint density at radius 2 is 2.36 bits per heavy atom. The Morgan fingerprint density at radius 1 is 1.64 bits per heavy atom.